The first kappa shape index (κ1) is 17.7. The van der Waals surface area contributed by atoms with Gasteiger partial charge in [-0.1, -0.05) is 6.92 Å². The van der Waals surface area contributed by atoms with Crippen molar-refractivity contribution in [1.82, 2.24) is 10.6 Å². The van der Waals surface area contributed by atoms with E-state index in [1.165, 1.54) is 0 Å². The number of benzene rings is 1. The van der Waals surface area contributed by atoms with Crippen molar-refractivity contribution in [2.24, 2.45) is 0 Å². The molecule has 1 aromatic carbocycles. The molecule has 0 fully saturated rings. The molecular weight excluding hydrogens is 306 g/mol. The second kappa shape index (κ2) is 7.62. The number of anilines is 1. The highest BCUT2D eigenvalue weighted by atomic mass is 19.4. The Labute approximate surface area is 124 Å². The van der Waals surface area contributed by atoms with Gasteiger partial charge in [-0.05, 0) is 24.6 Å². The van der Waals surface area contributed by atoms with Crippen LogP contribution in [0.2, 0.25) is 0 Å². The Morgan fingerprint density at radius 1 is 1.18 bits per heavy atom. The van der Waals surface area contributed by atoms with E-state index in [0.717, 1.165) is 12.5 Å². The lowest BCUT2D eigenvalue weighted by molar-refractivity contribution is -0.139. The van der Waals surface area contributed by atoms with Crippen LogP contribution in [0.4, 0.5) is 28.0 Å². The lowest BCUT2D eigenvalue weighted by Crippen LogP contribution is -2.39. The van der Waals surface area contributed by atoms with Crippen molar-refractivity contribution in [3.8, 4) is 0 Å². The van der Waals surface area contributed by atoms with Gasteiger partial charge in [-0.25, -0.2) is 9.18 Å². The molecule has 0 aromatic heterocycles. The van der Waals surface area contributed by atoms with E-state index < -0.39 is 29.5 Å². The monoisotopic (exact) mass is 321 g/mol. The molecule has 0 radical (unpaired) electrons. The molecule has 0 spiro atoms. The number of carbonyl (C=O) groups excluding carboxylic acids is 2. The quantitative estimate of drug-likeness (QED) is 0.729. The summed E-state index contributed by atoms with van der Waals surface area (Å²) in [6.07, 6.45) is -4.13. The van der Waals surface area contributed by atoms with Gasteiger partial charge in [-0.2, -0.15) is 13.2 Å². The van der Waals surface area contributed by atoms with Crippen LogP contribution in [0, 0.1) is 5.82 Å². The van der Waals surface area contributed by atoms with Crippen LogP contribution >= 0.6 is 0 Å². The molecule has 1 aromatic rings. The fourth-order valence-electron chi connectivity index (χ4n) is 1.48. The van der Waals surface area contributed by atoms with Crippen LogP contribution in [-0.2, 0) is 11.0 Å². The number of amides is 3. The summed E-state index contributed by atoms with van der Waals surface area (Å²) in [6.45, 7) is 1.99. The summed E-state index contributed by atoms with van der Waals surface area (Å²) < 4.78 is 50.6. The van der Waals surface area contributed by atoms with Crippen molar-refractivity contribution in [2.45, 2.75) is 19.5 Å². The lowest BCUT2D eigenvalue weighted by atomic mass is 10.2. The van der Waals surface area contributed by atoms with E-state index in [4.69, 9.17) is 0 Å². The topological polar surface area (TPSA) is 70.2 Å². The third-order valence-electron chi connectivity index (χ3n) is 2.51. The Hall–Kier alpha value is -2.32. The standard InChI is InChI=1S/C13H15F4N3O2/c1-2-5-18-11(21)7-19-12(22)20-8-3-4-10(14)9(6-8)13(15,16)17/h3-4,6H,2,5,7H2,1H3,(H,18,21)(H2,19,20,22). The Kier molecular flexibility index (Phi) is 6.14. The number of alkyl halides is 3. The molecule has 0 saturated carbocycles. The molecule has 9 heteroatoms. The zero-order chi connectivity index (χ0) is 16.8. The first-order valence-corrected chi connectivity index (χ1v) is 6.42. The van der Waals surface area contributed by atoms with Crippen molar-refractivity contribution < 1.29 is 27.2 Å². The second-order valence-corrected chi connectivity index (χ2v) is 4.35. The first-order valence-electron chi connectivity index (χ1n) is 6.42. The maximum atomic E-state index is 13.1. The summed E-state index contributed by atoms with van der Waals surface area (Å²) in [7, 11) is 0. The Morgan fingerprint density at radius 2 is 1.86 bits per heavy atom. The molecule has 0 heterocycles. The molecule has 5 nitrogen and oxygen atoms in total. The summed E-state index contributed by atoms with van der Waals surface area (Å²) in [5.41, 5.74) is -1.72. The Balaban J connectivity index is 2.60. The van der Waals surface area contributed by atoms with Gasteiger partial charge in [-0.3, -0.25) is 4.79 Å². The van der Waals surface area contributed by atoms with E-state index >= 15 is 0 Å². The molecule has 122 valence electrons. The van der Waals surface area contributed by atoms with Gasteiger partial charge in [0.2, 0.25) is 5.91 Å². The fraction of sp³-hybridized carbons (Fsp3) is 0.385. The average molecular weight is 321 g/mol. The highest BCUT2D eigenvalue weighted by molar-refractivity contribution is 5.92. The van der Waals surface area contributed by atoms with Crippen LogP contribution in [0.5, 0.6) is 0 Å². The molecule has 0 aliphatic carbocycles. The maximum Gasteiger partial charge on any atom is 0.419 e. The number of nitrogens with one attached hydrogen (secondary N) is 3. The summed E-state index contributed by atoms with van der Waals surface area (Å²) >= 11 is 0. The summed E-state index contributed by atoms with van der Waals surface area (Å²) in [4.78, 5) is 22.7. The molecule has 0 bridgehead atoms. The predicted molar refractivity (Wildman–Crippen MR) is 71.7 cm³/mol. The Morgan fingerprint density at radius 3 is 2.45 bits per heavy atom. The predicted octanol–water partition coefficient (Wildman–Crippen LogP) is 2.49. The molecule has 0 aliphatic heterocycles. The number of carbonyl (C=O) groups is 2. The van der Waals surface area contributed by atoms with Crippen molar-refractivity contribution in [1.29, 1.82) is 0 Å². The lowest BCUT2D eigenvalue weighted by Gasteiger charge is -2.11. The number of halogens is 4. The van der Waals surface area contributed by atoms with E-state index in [9.17, 15) is 27.2 Å². The van der Waals surface area contributed by atoms with Crippen LogP contribution in [0.15, 0.2) is 18.2 Å². The molecule has 0 saturated heterocycles. The first-order chi connectivity index (χ1) is 10.2. The van der Waals surface area contributed by atoms with Crippen molar-refractivity contribution in [3.05, 3.63) is 29.6 Å². The van der Waals surface area contributed by atoms with E-state index in [2.05, 4.69) is 16.0 Å². The van der Waals surface area contributed by atoms with Crippen LogP contribution in [0.1, 0.15) is 18.9 Å². The van der Waals surface area contributed by atoms with Crippen molar-refractivity contribution >= 4 is 17.6 Å². The zero-order valence-electron chi connectivity index (χ0n) is 11.7. The normalized spacial score (nSPS) is 11.0. The highest BCUT2D eigenvalue weighted by Gasteiger charge is 2.34. The largest absolute Gasteiger partial charge is 0.419 e. The van der Waals surface area contributed by atoms with Crippen LogP contribution in [-0.4, -0.2) is 25.0 Å². The van der Waals surface area contributed by atoms with Gasteiger partial charge in [0.25, 0.3) is 0 Å². The van der Waals surface area contributed by atoms with E-state index in [1.54, 1.807) is 0 Å². The van der Waals surface area contributed by atoms with Gasteiger partial charge in [0, 0.05) is 12.2 Å². The Bertz CT molecular complexity index is 547. The molecule has 1 rings (SSSR count). The molecular formula is C13H15F4N3O2. The van der Waals surface area contributed by atoms with Crippen molar-refractivity contribution in [2.75, 3.05) is 18.4 Å². The summed E-state index contributed by atoms with van der Waals surface area (Å²) in [5, 5.41) is 6.78. The average Bonchev–Trinajstić information content (AvgIpc) is 2.43. The second-order valence-electron chi connectivity index (χ2n) is 4.35. The maximum absolute atomic E-state index is 13.1. The van der Waals surface area contributed by atoms with Gasteiger partial charge in [0.1, 0.15) is 5.82 Å². The van der Waals surface area contributed by atoms with Gasteiger partial charge < -0.3 is 16.0 Å². The number of hydrogen-bond donors (Lipinski definition) is 3. The third kappa shape index (κ3) is 5.58. The fourth-order valence-corrected chi connectivity index (χ4v) is 1.48. The smallest absolute Gasteiger partial charge is 0.355 e. The van der Waals surface area contributed by atoms with Crippen LogP contribution < -0.4 is 16.0 Å². The molecule has 0 atom stereocenters. The minimum absolute atomic E-state index is 0.236. The van der Waals surface area contributed by atoms with Crippen LogP contribution in [0.25, 0.3) is 0 Å². The summed E-state index contributed by atoms with van der Waals surface area (Å²) in [5.74, 6) is -1.86. The highest BCUT2D eigenvalue weighted by Crippen LogP contribution is 2.32. The van der Waals surface area contributed by atoms with E-state index in [0.29, 0.717) is 18.7 Å². The van der Waals surface area contributed by atoms with Gasteiger partial charge in [-0.15, -0.1) is 0 Å². The van der Waals surface area contributed by atoms with Gasteiger partial charge in [0.05, 0.1) is 12.1 Å². The van der Waals surface area contributed by atoms with Gasteiger partial charge >= 0.3 is 12.2 Å². The SMILES string of the molecule is CCCNC(=O)CNC(=O)Nc1ccc(F)c(C(F)(F)F)c1. The zero-order valence-corrected chi connectivity index (χ0v) is 11.7. The molecule has 22 heavy (non-hydrogen) atoms. The van der Waals surface area contributed by atoms with E-state index in [1.807, 2.05) is 6.92 Å². The molecule has 3 N–H and O–H groups in total. The van der Waals surface area contributed by atoms with Crippen LogP contribution in [0.3, 0.4) is 0 Å². The number of hydrogen-bond acceptors (Lipinski definition) is 2. The van der Waals surface area contributed by atoms with Gasteiger partial charge in [0.15, 0.2) is 0 Å². The number of urea groups is 1. The number of rotatable bonds is 5. The minimum Gasteiger partial charge on any atom is -0.355 e. The molecule has 0 unspecified atom stereocenters. The molecule has 0 aliphatic rings. The third-order valence-corrected chi connectivity index (χ3v) is 2.51. The van der Waals surface area contributed by atoms with Crippen molar-refractivity contribution in [3.63, 3.8) is 0 Å². The molecule has 3 amide bonds. The van der Waals surface area contributed by atoms with E-state index in [-0.39, 0.29) is 12.2 Å². The summed E-state index contributed by atoms with van der Waals surface area (Å²) in [6, 6.07) is 1.20. The minimum atomic E-state index is -4.86.